The Kier molecular flexibility index (Phi) is 5.65. The van der Waals surface area contributed by atoms with Gasteiger partial charge < -0.3 is 4.74 Å². The molecule has 0 N–H and O–H groups in total. The minimum absolute atomic E-state index is 0.143. The molecule has 0 spiro atoms. The van der Waals surface area contributed by atoms with Gasteiger partial charge in [-0.05, 0) is 35.9 Å². The van der Waals surface area contributed by atoms with Crippen LogP contribution in [-0.4, -0.2) is 26.9 Å². The molecule has 4 nitrogen and oxygen atoms in total. The van der Waals surface area contributed by atoms with E-state index in [-0.39, 0.29) is 11.4 Å². The molecule has 0 fully saturated rings. The van der Waals surface area contributed by atoms with Gasteiger partial charge >= 0.3 is 0 Å². The smallest absolute Gasteiger partial charge is 0.246 e. The summed E-state index contributed by atoms with van der Waals surface area (Å²) in [4.78, 5) is 0.143. The molecule has 0 aliphatic carbocycles. The van der Waals surface area contributed by atoms with Gasteiger partial charge in [-0.15, -0.1) is 0 Å². The van der Waals surface area contributed by atoms with Crippen molar-refractivity contribution < 1.29 is 13.2 Å². The SMILES string of the molecule is COc1ccc(Br)cc1S(=O)(=O)N(C)Cc1ccc(Br)cc1. The van der Waals surface area contributed by atoms with Gasteiger partial charge in [-0.2, -0.15) is 4.31 Å². The molecule has 0 aromatic heterocycles. The molecular weight excluding hydrogens is 434 g/mol. The number of methoxy groups -OCH3 is 1. The second-order valence-corrected chi connectivity index (χ2v) is 8.53. The molecule has 118 valence electrons. The van der Waals surface area contributed by atoms with Crippen molar-refractivity contribution in [1.82, 2.24) is 4.31 Å². The first-order valence-corrected chi connectivity index (χ1v) is 9.41. The molecular formula is C15H15Br2NO3S. The summed E-state index contributed by atoms with van der Waals surface area (Å²) < 4.78 is 33.6. The molecule has 0 saturated carbocycles. The molecule has 0 radical (unpaired) electrons. The number of rotatable bonds is 5. The van der Waals surface area contributed by atoms with Crippen LogP contribution in [0.3, 0.4) is 0 Å². The van der Waals surface area contributed by atoms with Crippen LogP contribution in [-0.2, 0) is 16.6 Å². The van der Waals surface area contributed by atoms with Gasteiger partial charge in [-0.25, -0.2) is 8.42 Å². The number of halogens is 2. The Bertz CT molecular complexity index is 761. The van der Waals surface area contributed by atoms with Crippen LogP contribution < -0.4 is 4.74 Å². The first-order valence-electron chi connectivity index (χ1n) is 6.39. The lowest BCUT2D eigenvalue weighted by molar-refractivity contribution is 0.397. The normalized spacial score (nSPS) is 11.7. The third kappa shape index (κ3) is 3.90. The number of hydrogen-bond acceptors (Lipinski definition) is 3. The number of sulfonamides is 1. The van der Waals surface area contributed by atoms with Crippen LogP contribution >= 0.6 is 31.9 Å². The molecule has 0 saturated heterocycles. The fourth-order valence-corrected chi connectivity index (χ4v) is 4.07. The van der Waals surface area contributed by atoms with E-state index < -0.39 is 10.0 Å². The minimum Gasteiger partial charge on any atom is -0.495 e. The summed E-state index contributed by atoms with van der Waals surface area (Å²) in [6, 6.07) is 12.5. The molecule has 7 heteroatoms. The van der Waals surface area contributed by atoms with Gasteiger partial charge in [0.15, 0.2) is 0 Å². The number of nitrogens with zero attached hydrogens (tertiary/aromatic N) is 1. The zero-order valence-corrected chi connectivity index (χ0v) is 16.1. The fourth-order valence-electron chi connectivity index (χ4n) is 1.95. The largest absolute Gasteiger partial charge is 0.495 e. The Morgan fingerprint density at radius 1 is 1.05 bits per heavy atom. The van der Waals surface area contributed by atoms with Crippen LogP contribution in [0.15, 0.2) is 56.3 Å². The molecule has 0 amide bonds. The van der Waals surface area contributed by atoms with Crippen LogP contribution in [0, 0.1) is 0 Å². The van der Waals surface area contributed by atoms with E-state index in [1.807, 2.05) is 24.3 Å². The highest BCUT2D eigenvalue weighted by atomic mass is 79.9. The van der Waals surface area contributed by atoms with Crippen molar-refractivity contribution in [3.63, 3.8) is 0 Å². The van der Waals surface area contributed by atoms with Gasteiger partial charge in [0.05, 0.1) is 7.11 Å². The Morgan fingerprint density at radius 3 is 2.23 bits per heavy atom. The van der Waals surface area contributed by atoms with Crippen LogP contribution in [0.5, 0.6) is 5.75 Å². The zero-order valence-electron chi connectivity index (χ0n) is 12.1. The van der Waals surface area contributed by atoms with Crippen molar-refractivity contribution in [2.75, 3.05) is 14.2 Å². The Labute approximate surface area is 147 Å². The lowest BCUT2D eigenvalue weighted by atomic mass is 10.2. The molecule has 0 atom stereocenters. The van der Waals surface area contributed by atoms with E-state index in [2.05, 4.69) is 31.9 Å². The topological polar surface area (TPSA) is 46.6 Å². The Balaban J connectivity index is 2.33. The summed E-state index contributed by atoms with van der Waals surface area (Å²) in [5.74, 6) is 0.325. The maximum atomic E-state index is 12.8. The average molecular weight is 449 g/mol. The third-order valence-electron chi connectivity index (χ3n) is 3.13. The summed E-state index contributed by atoms with van der Waals surface area (Å²) in [6.07, 6.45) is 0. The monoisotopic (exact) mass is 447 g/mol. The lowest BCUT2D eigenvalue weighted by Crippen LogP contribution is -2.26. The van der Waals surface area contributed by atoms with Crippen molar-refractivity contribution in [3.05, 3.63) is 57.0 Å². The van der Waals surface area contributed by atoms with E-state index in [9.17, 15) is 8.42 Å². The second-order valence-electron chi connectivity index (χ2n) is 4.68. The minimum atomic E-state index is -3.65. The first-order chi connectivity index (χ1) is 10.3. The number of hydrogen-bond donors (Lipinski definition) is 0. The Hall–Kier alpha value is -0.890. The molecule has 0 heterocycles. The fraction of sp³-hybridized carbons (Fsp3) is 0.200. The highest BCUT2D eigenvalue weighted by Gasteiger charge is 2.25. The quantitative estimate of drug-likeness (QED) is 0.693. The van der Waals surface area contributed by atoms with E-state index in [0.717, 1.165) is 10.0 Å². The average Bonchev–Trinajstić information content (AvgIpc) is 2.49. The van der Waals surface area contributed by atoms with Crippen molar-refractivity contribution in [3.8, 4) is 5.75 Å². The summed E-state index contributed by atoms with van der Waals surface area (Å²) >= 11 is 6.66. The van der Waals surface area contributed by atoms with Crippen molar-refractivity contribution in [1.29, 1.82) is 0 Å². The van der Waals surface area contributed by atoms with E-state index >= 15 is 0 Å². The molecule has 0 bridgehead atoms. The van der Waals surface area contributed by atoms with E-state index in [1.54, 1.807) is 25.2 Å². The molecule has 2 rings (SSSR count). The Morgan fingerprint density at radius 2 is 1.64 bits per heavy atom. The van der Waals surface area contributed by atoms with Crippen molar-refractivity contribution >= 4 is 41.9 Å². The van der Waals surface area contributed by atoms with Crippen LogP contribution in [0.2, 0.25) is 0 Å². The lowest BCUT2D eigenvalue weighted by Gasteiger charge is -2.19. The molecule has 2 aromatic rings. The predicted molar refractivity (Wildman–Crippen MR) is 93.5 cm³/mol. The van der Waals surface area contributed by atoms with Crippen LogP contribution in [0.25, 0.3) is 0 Å². The maximum Gasteiger partial charge on any atom is 0.246 e. The van der Waals surface area contributed by atoms with E-state index in [1.165, 1.54) is 11.4 Å². The summed E-state index contributed by atoms with van der Waals surface area (Å²) in [5.41, 5.74) is 0.906. The summed E-state index contributed by atoms with van der Waals surface area (Å²) in [6.45, 7) is 0.283. The molecule has 0 unspecified atom stereocenters. The molecule has 0 aliphatic rings. The first kappa shape index (κ1) is 17.5. The zero-order chi connectivity index (χ0) is 16.3. The molecule has 22 heavy (non-hydrogen) atoms. The maximum absolute atomic E-state index is 12.8. The highest BCUT2D eigenvalue weighted by molar-refractivity contribution is 9.10. The van der Waals surface area contributed by atoms with Gasteiger partial charge in [0.1, 0.15) is 10.6 Å². The third-order valence-corrected chi connectivity index (χ3v) is 5.98. The van der Waals surface area contributed by atoms with Gasteiger partial charge in [0.2, 0.25) is 10.0 Å². The van der Waals surface area contributed by atoms with E-state index in [4.69, 9.17) is 4.74 Å². The summed E-state index contributed by atoms with van der Waals surface area (Å²) in [7, 11) is -0.637. The van der Waals surface area contributed by atoms with E-state index in [0.29, 0.717) is 10.2 Å². The van der Waals surface area contributed by atoms with Gasteiger partial charge in [-0.3, -0.25) is 0 Å². The van der Waals surface area contributed by atoms with Crippen molar-refractivity contribution in [2.24, 2.45) is 0 Å². The van der Waals surface area contributed by atoms with Crippen LogP contribution in [0.4, 0.5) is 0 Å². The number of ether oxygens (including phenoxy) is 1. The van der Waals surface area contributed by atoms with Gasteiger partial charge in [-0.1, -0.05) is 44.0 Å². The second kappa shape index (κ2) is 7.12. The summed E-state index contributed by atoms with van der Waals surface area (Å²) in [5, 5.41) is 0. The van der Waals surface area contributed by atoms with Crippen molar-refractivity contribution in [2.45, 2.75) is 11.4 Å². The van der Waals surface area contributed by atoms with Crippen LogP contribution in [0.1, 0.15) is 5.56 Å². The number of benzene rings is 2. The predicted octanol–water partition coefficient (Wildman–Crippen LogP) is 4.04. The van der Waals surface area contributed by atoms with Gasteiger partial charge in [0, 0.05) is 22.5 Å². The van der Waals surface area contributed by atoms with Gasteiger partial charge in [0.25, 0.3) is 0 Å². The highest BCUT2D eigenvalue weighted by Crippen LogP contribution is 2.30. The standard InChI is InChI=1S/C15H15Br2NO3S/c1-18(10-11-3-5-12(16)6-4-11)22(19,20)15-9-13(17)7-8-14(15)21-2/h3-9H,10H2,1-2H3. The molecule has 2 aromatic carbocycles. The molecule has 0 aliphatic heterocycles.